The molecule has 0 fully saturated rings. The van der Waals surface area contributed by atoms with Gasteiger partial charge in [0, 0.05) is 11.1 Å². The van der Waals surface area contributed by atoms with E-state index >= 15 is 0 Å². The zero-order chi connectivity index (χ0) is 24.9. The summed E-state index contributed by atoms with van der Waals surface area (Å²) in [6.45, 7) is 5.89. The molecule has 2 aromatic rings. The number of fused-ring (bicyclic) bond motifs is 2. The molecule has 5 heteroatoms. The van der Waals surface area contributed by atoms with Crippen molar-refractivity contribution >= 4 is 11.6 Å². The second kappa shape index (κ2) is 15.0. The van der Waals surface area contributed by atoms with Crippen LogP contribution in [0.25, 0.3) is 0 Å². The lowest BCUT2D eigenvalue weighted by atomic mass is 9.90. The molecule has 1 aromatic heterocycles. The van der Waals surface area contributed by atoms with Gasteiger partial charge in [-0.1, -0.05) is 115 Å². The van der Waals surface area contributed by atoms with E-state index in [2.05, 4.69) is 13.8 Å². The minimum Gasteiger partial charge on any atom is -0.284 e. The van der Waals surface area contributed by atoms with Gasteiger partial charge in [-0.2, -0.15) is 0 Å². The number of carbonyl (C=O) groups excluding carboxylic acids is 2. The number of hydrogen-bond donors (Lipinski definition) is 0. The van der Waals surface area contributed by atoms with Crippen molar-refractivity contribution in [2.75, 3.05) is 0 Å². The second-order valence-electron chi connectivity index (χ2n) is 10.2. The third-order valence-electron chi connectivity index (χ3n) is 7.25. The summed E-state index contributed by atoms with van der Waals surface area (Å²) in [5.74, 6) is -0.117. The molecule has 1 aliphatic rings. The van der Waals surface area contributed by atoms with E-state index in [4.69, 9.17) is 5.21 Å². The third-order valence-corrected chi connectivity index (χ3v) is 7.25. The smallest absolute Gasteiger partial charge is 0.249 e. The first-order valence-corrected chi connectivity index (χ1v) is 14.4. The van der Waals surface area contributed by atoms with Crippen LogP contribution in [0.3, 0.4) is 0 Å². The van der Waals surface area contributed by atoms with Gasteiger partial charge in [0.05, 0.1) is 5.21 Å². The molecule has 3 rings (SSSR count). The molecule has 0 N–H and O–H groups in total. The van der Waals surface area contributed by atoms with E-state index in [0.29, 0.717) is 35.6 Å². The summed E-state index contributed by atoms with van der Waals surface area (Å²) in [5.41, 5.74) is 2.02. The molecule has 0 unspecified atom stereocenters. The number of benzene rings is 1. The molecule has 5 nitrogen and oxygen atoms in total. The van der Waals surface area contributed by atoms with Gasteiger partial charge in [0.2, 0.25) is 23.0 Å². The van der Waals surface area contributed by atoms with Crippen LogP contribution in [-0.4, -0.2) is 21.5 Å². The van der Waals surface area contributed by atoms with Crippen molar-refractivity contribution in [3.05, 3.63) is 46.8 Å². The highest BCUT2D eigenvalue weighted by atomic mass is 16.1. The Hall–Kier alpha value is -2.30. The van der Waals surface area contributed by atoms with E-state index in [0.717, 1.165) is 25.7 Å². The van der Waals surface area contributed by atoms with Crippen molar-refractivity contribution in [3.63, 3.8) is 0 Å². The summed E-state index contributed by atoms with van der Waals surface area (Å²) in [7, 11) is 0. The van der Waals surface area contributed by atoms with Gasteiger partial charge in [0.25, 0.3) is 0 Å². The Balaban J connectivity index is 1.62. The summed E-state index contributed by atoms with van der Waals surface area (Å²) in [6.07, 6.45) is 19.8. The maximum atomic E-state index is 13.4. The van der Waals surface area contributed by atoms with Crippen molar-refractivity contribution in [1.82, 2.24) is 9.90 Å². The molecule has 0 saturated heterocycles. The highest BCUT2D eigenvalue weighted by molar-refractivity contribution is 6.26. The molecule has 0 saturated carbocycles. The summed E-state index contributed by atoms with van der Waals surface area (Å²) in [5, 5.41) is 4.78. The number of aromatic nitrogens is 3. The molecule has 1 aromatic carbocycles. The van der Waals surface area contributed by atoms with E-state index in [1.807, 2.05) is 21.5 Å². The number of hydrogen-bond acceptors (Lipinski definition) is 3. The van der Waals surface area contributed by atoms with Crippen LogP contribution in [0.2, 0.25) is 0 Å². The zero-order valence-corrected chi connectivity index (χ0v) is 22.2. The lowest BCUT2D eigenvalue weighted by Crippen LogP contribution is -2.43. The van der Waals surface area contributed by atoms with Crippen LogP contribution in [0.5, 0.6) is 0 Å². The van der Waals surface area contributed by atoms with Crippen molar-refractivity contribution in [1.29, 1.82) is 0 Å². The van der Waals surface area contributed by atoms with E-state index in [1.54, 1.807) is 12.1 Å². The van der Waals surface area contributed by atoms with Crippen LogP contribution in [0, 0.1) is 0 Å². The maximum absolute atomic E-state index is 13.4. The van der Waals surface area contributed by atoms with Crippen LogP contribution in [0.1, 0.15) is 149 Å². The van der Waals surface area contributed by atoms with E-state index in [-0.39, 0.29) is 11.6 Å². The topological polar surface area (TPSA) is 55.8 Å². The lowest BCUT2D eigenvalue weighted by Gasteiger charge is -2.11. The molecule has 192 valence electrons. The normalized spacial score (nSPS) is 12.7. The average Bonchev–Trinajstić information content (AvgIpc) is 3.24. The first-order chi connectivity index (χ1) is 17.2. The molecule has 35 heavy (non-hydrogen) atoms. The summed E-state index contributed by atoms with van der Waals surface area (Å²) >= 11 is 0. The van der Waals surface area contributed by atoms with Gasteiger partial charge in [0.15, 0.2) is 0 Å². The van der Waals surface area contributed by atoms with E-state index in [1.165, 1.54) is 77.0 Å². The number of carbonyl (C=O) groups is 2. The number of nitrogens with zero attached hydrogens (tertiary/aromatic N) is 3. The molecule has 0 aliphatic heterocycles. The maximum Gasteiger partial charge on any atom is 0.249 e. The number of aryl methyl sites for hydroxylation is 2. The number of unbranched alkanes of at least 4 members (excludes halogenated alkanes) is 14. The predicted molar refractivity (Wildman–Crippen MR) is 141 cm³/mol. The molecule has 1 heterocycles. The molecular weight excluding hydrogens is 434 g/mol. The van der Waals surface area contributed by atoms with Crippen LogP contribution >= 0.6 is 0 Å². The van der Waals surface area contributed by atoms with Gasteiger partial charge in [0.1, 0.15) is 13.1 Å². The van der Waals surface area contributed by atoms with Gasteiger partial charge in [-0.05, 0) is 25.7 Å². The first kappa shape index (κ1) is 27.3. The fourth-order valence-electron chi connectivity index (χ4n) is 5.15. The summed E-state index contributed by atoms with van der Waals surface area (Å²) < 4.78 is 3.65. The highest BCUT2D eigenvalue weighted by Gasteiger charge is 2.42. The molecule has 0 bridgehead atoms. The first-order valence-electron chi connectivity index (χ1n) is 14.4. The Morgan fingerprint density at radius 2 is 1.14 bits per heavy atom. The van der Waals surface area contributed by atoms with Crippen molar-refractivity contribution in [2.45, 2.75) is 130 Å². The minimum absolute atomic E-state index is 0.0584. The largest absolute Gasteiger partial charge is 0.284 e. The molecular formula is C30H46N3O2+. The van der Waals surface area contributed by atoms with Crippen molar-refractivity contribution < 1.29 is 14.3 Å². The highest BCUT2D eigenvalue weighted by Crippen LogP contribution is 2.25. The molecule has 0 amide bonds. The Kier molecular flexibility index (Phi) is 11.7. The van der Waals surface area contributed by atoms with E-state index in [9.17, 15) is 9.59 Å². The SMILES string of the molecule is CCCCCCCCCCn1n[n+](CCCCCCCCCC)c2c1C(=O)c1ccccc1C2=O. The number of ketones is 2. The Morgan fingerprint density at radius 3 is 1.71 bits per heavy atom. The Bertz CT molecular complexity index is 874. The molecule has 1 aliphatic carbocycles. The molecule has 0 spiro atoms. The minimum atomic E-state index is -0.0584. The second-order valence-corrected chi connectivity index (χ2v) is 10.2. The predicted octanol–water partition coefficient (Wildman–Crippen LogP) is 7.23. The fourth-order valence-corrected chi connectivity index (χ4v) is 5.15. The Morgan fingerprint density at radius 1 is 0.657 bits per heavy atom. The van der Waals surface area contributed by atoms with Gasteiger partial charge in [-0.15, -0.1) is 9.36 Å². The number of rotatable bonds is 18. The van der Waals surface area contributed by atoms with Crippen molar-refractivity contribution in [2.24, 2.45) is 0 Å². The van der Waals surface area contributed by atoms with Gasteiger partial charge >= 0.3 is 0 Å². The van der Waals surface area contributed by atoms with Crippen LogP contribution in [0.15, 0.2) is 24.3 Å². The van der Waals surface area contributed by atoms with Crippen molar-refractivity contribution in [3.8, 4) is 0 Å². The fraction of sp³-hybridized carbons (Fsp3) is 0.667. The standard InChI is InChI=1S/C30H46N3O2/c1-3-5-7-9-11-13-15-19-23-32-27-28(30(35)26-22-18-17-21-25(26)29(27)34)33(31-32)24-20-16-14-12-10-8-6-4-2/h17-18,21-22H,3-16,19-20,23-24H2,1-2H3/q+1. The van der Waals surface area contributed by atoms with Gasteiger partial charge < -0.3 is 0 Å². The van der Waals surface area contributed by atoms with Crippen LogP contribution in [-0.2, 0) is 13.1 Å². The quantitative estimate of drug-likeness (QED) is 0.143. The van der Waals surface area contributed by atoms with Crippen LogP contribution < -0.4 is 4.68 Å². The summed E-state index contributed by atoms with van der Waals surface area (Å²) in [6, 6.07) is 7.22. The van der Waals surface area contributed by atoms with Gasteiger partial charge in [-0.25, -0.2) is 0 Å². The monoisotopic (exact) mass is 480 g/mol. The van der Waals surface area contributed by atoms with Crippen LogP contribution in [0.4, 0.5) is 0 Å². The Labute approximate surface area is 212 Å². The molecule has 0 radical (unpaired) electrons. The molecule has 0 atom stereocenters. The third kappa shape index (κ3) is 7.59. The van der Waals surface area contributed by atoms with E-state index < -0.39 is 0 Å². The average molecular weight is 481 g/mol. The summed E-state index contributed by atoms with van der Waals surface area (Å²) in [4.78, 5) is 26.8. The lowest BCUT2D eigenvalue weighted by molar-refractivity contribution is -0.757. The zero-order valence-electron chi connectivity index (χ0n) is 22.2. The van der Waals surface area contributed by atoms with Gasteiger partial charge in [-0.3, -0.25) is 9.59 Å².